The lowest BCUT2D eigenvalue weighted by Gasteiger charge is -2.10. The summed E-state index contributed by atoms with van der Waals surface area (Å²) < 4.78 is 11.0. The summed E-state index contributed by atoms with van der Waals surface area (Å²) in [5.74, 6) is -0.617. The number of nitrogens with one attached hydrogen (secondary N) is 1. The van der Waals surface area contributed by atoms with Crippen LogP contribution in [0.25, 0.3) is 22.3 Å². The first kappa shape index (κ1) is 16.7. The van der Waals surface area contributed by atoms with Crippen LogP contribution in [0.4, 0.5) is 0 Å². The molecule has 0 atom stereocenters. The number of phenols is 1. The second kappa shape index (κ2) is 7.19. The highest BCUT2D eigenvalue weighted by Crippen LogP contribution is 2.35. The molecule has 0 aliphatic heterocycles. The van der Waals surface area contributed by atoms with Gasteiger partial charge in [0.25, 0.3) is 0 Å². The van der Waals surface area contributed by atoms with Crippen LogP contribution in [0.5, 0.6) is 11.5 Å². The lowest BCUT2D eigenvalue weighted by molar-refractivity contribution is -0.134. The monoisotopic (exact) mass is 339 g/mol. The Balaban J connectivity index is 2.12. The highest BCUT2D eigenvalue weighted by atomic mass is 16.5. The van der Waals surface area contributed by atoms with E-state index in [1.807, 2.05) is 18.2 Å². The summed E-state index contributed by atoms with van der Waals surface area (Å²) in [5.41, 5.74) is 0.467. The number of aromatic hydroxyl groups is 1. The van der Waals surface area contributed by atoms with Crippen LogP contribution >= 0.6 is 0 Å². The van der Waals surface area contributed by atoms with E-state index in [-0.39, 0.29) is 34.3 Å². The largest absolute Gasteiger partial charge is 0.504 e. The number of benzene rings is 2. The molecule has 0 aliphatic rings. The van der Waals surface area contributed by atoms with Crippen molar-refractivity contribution in [3.05, 3.63) is 58.8 Å². The number of fused-ring (bicyclic) bond motifs is 1. The zero-order chi connectivity index (χ0) is 17.8. The Hall–Kier alpha value is -3.12. The van der Waals surface area contributed by atoms with E-state index in [1.165, 1.54) is 18.2 Å². The summed E-state index contributed by atoms with van der Waals surface area (Å²) in [6.45, 7) is 0.434. The Labute approximate surface area is 143 Å². The lowest BCUT2D eigenvalue weighted by atomic mass is 10.1. The van der Waals surface area contributed by atoms with Gasteiger partial charge in [-0.2, -0.15) is 0 Å². The maximum atomic E-state index is 12.4. The molecule has 0 amide bonds. The van der Waals surface area contributed by atoms with Crippen LogP contribution in [-0.4, -0.2) is 24.7 Å². The quantitative estimate of drug-likeness (QED) is 0.549. The summed E-state index contributed by atoms with van der Waals surface area (Å²) in [6, 6.07) is 13.2. The Morgan fingerprint density at radius 1 is 1.20 bits per heavy atom. The number of carbonyl (C=O) groups is 1. The second-order valence-corrected chi connectivity index (χ2v) is 5.46. The van der Waals surface area contributed by atoms with E-state index >= 15 is 0 Å². The summed E-state index contributed by atoms with van der Waals surface area (Å²) in [6.07, 6.45) is 0.120. The number of phenolic OH excluding ortho intramolecular Hbond substituents is 1. The molecule has 2 N–H and O–H groups in total. The van der Waals surface area contributed by atoms with Gasteiger partial charge in [0.15, 0.2) is 16.8 Å². The van der Waals surface area contributed by atoms with Gasteiger partial charge in [-0.1, -0.05) is 30.3 Å². The van der Waals surface area contributed by atoms with Gasteiger partial charge in [0.2, 0.25) is 5.75 Å². The van der Waals surface area contributed by atoms with Crippen molar-refractivity contribution in [2.75, 3.05) is 13.6 Å². The van der Waals surface area contributed by atoms with Gasteiger partial charge in [0, 0.05) is 18.2 Å². The maximum absolute atomic E-state index is 12.4. The molecule has 6 nitrogen and oxygen atoms in total. The third-order valence-electron chi connectivity index (χ3n) is 3.68. The molecule has 128 valence electrons. The van der Waals surface area contributed by atoms with Crippen molar-refractivity contribution in [2.24, 2.45) is 0 Å². The van der Waals surface area contributed by atoms with Crippen molar-refractivity contribution in [3.8, 4) is 22.8 Å². The van der Waals surface area contributed by atoms with Gasteiger partial charge >= 0.3 is 5.97 Å². The minimum atomic E-state index is -0.537. The average Bonchev–Trinajstić information content (AvgIpc) is 2.63. The van der Waals surface area contributed by atoms with Gasteiger partial charge in [-0.15, -0.1) is 0 Å². The molecule has 0 fully saturated rings. The first-order valence-corrected chi connectivity index (χ1v) is 7.80. The van der Waals surface area contributed by atoms with E-state index in [4.69, 9.17) is 9.15 Å². The lowest BCUT2D eigenvalue weighted by Crippen LogP contribution is -2.17. The van der Waals surface area contributed by atoms with Crippen LogP contribution in [0.1, 0.15) is 6.42 Å². The fourth-order valence-corrected chi connectivity index (χ4v) is 2.42. The van der Waals surface area contributed by atoms with Crippen molar-refractivity contribution < 1.29 is 19.1 Å². The number of carbonyl (C=O) groups excluding carboxylic acids is 1. The molecule has 0 saturated heterocycles. The smallest absolute Gasteiger partial charge is 0.312 e. The molecule has 0 saturated carbocycles. The van der Waals surface area contributed by atoms with Gasteiger partial charge in [0.1, 0.15) is 5.76 Å². The Kier molecular flexibility index (Phi) is 4.81. The third-order valence-corrected chi connectivity index (χ3v) is 3.68. The average molecular weight is 339 g/mol. The minimum Gasteiger partial charge on any atom is -0.504 e. The second-order valence-electron chi connectivity index (χ2n) is 5.46. The van der Waals surface area contributed by atoms with Gasteiger partial charge in [-0.3, -0.25) is 9.59 Å². The molecule has 0 unspecified atom stereocenters. The van der Waals surface area contributed by atoms with Crippen LogP contribution in [-0.2, 0) is 4.79 Å². The van der Waals surface area contributed by atoms with Crippen molar-refractivity contribution in [3.63, 3.8) is 0 Å². The van der Waals surface area contributed by atoms with Crippen LogP contribution in [0.15, 0.2) is 57.7 Å². The topological polar surface area (TPSA) is 88.8 Å². The number of ether oxygens (including phenoxy) is 1. The van der Waals surface area contributed by atoms with E-state index in [9.17, 15) is 14.7 Å². The molecule has 3 rings (SSSR count). The third kappa shape index (κ3) is 3.54. The predicted molar refractivity (Wildman–Crippen MR) is 93.8 cm³/mol. The first-order valence-electron chi connectivity index (χ1n) is 7.80. The molecule has 0 spiro atoms. The zero-order valence-electron chi connectivity index (χ0n) is 13.6. The van der Waals surface area contributed by atoms with Crippen LogP contribution in [0, 0.1) is 0 Å². The Morgan fingerprint density at radius 3 is 2.68 bits per heavy atom. The van der Waals surface area contributed by atoms with E-state index in [2.05, 4.69) is 5.32 Å². The van der Waals surface area contributed by atoms with E-state index < -0.39 is 5.97 Å². The van der Waals surface area contributed by atoms with E-state index in [0.717, 1.165) is 0 Å². The molecular weight excluding hydrogens is 322 g/mol. The molecule has 1 aromatic heterocycles. The van der Waals surface area contributed by atoms with Gasteiger partial charge in [-0.05, 0) is 19.2 Å². The molecule has 1 heterocycles. The highest BCUT2D eigenvalue weighted by molar-refractivity contribution is 5.89. The molecule has 0 bridgehead atoms. The standard InChI is InChI=1S/C19H17NO5/c1-20-10-9-17(23)25-19-14(21)8-7-13-15(22)11-16(24-18(13)19)12-5-3-2-4-6-12/h2-8,11,20-21H,9-10H2,1H3. The van der Waals surface area contributed by atoms with Crippen molar-refractivity contribution in [2.45, 2.75) is 6.42 Å². The Bertz CT molecular complexity index is 963. The number of hydrogen-bond donors (Lipinski definition) is 2. The van der Waals surface area contributed by atoms with Gasteiger partial charge < -0.3 is 19.6 Å². The predicted octanol–water partition coefficient (Wildman–Crippen LogP) is 2.68. The summed E-state index contributed by atoms with van der Waals surface area (Å²) in [5, 5.41) is 13.1. The molecule has 0 aliphatic carbocycles. The molecule has 2 aromatic carbocycles. The number of esters is 1. The number of rotatable bonds is 5. The van der Waals surface area contributed by atoms with E-state index in [1.54, 1.807) is 19.2 Å². The molecule has 3 aromatic rings. The summed E-state index contributed by atoms with van der Waals surface area (Å²) >= 11 is 0. The fraction of sp³-hybridized carbons (Fsp3) is 0.158. The maximum Gasteiger partial charge on any atom is 0.312 e. The number of hydrogen-bond acceptors (Lipinski definition) is 6. The van der Waals surface area contributed by atoms with Crippen LogP contribution < -0.4 is 15.5 Å². The van der Waals surface area contributed by atoms with Crippen LogP contribution in [0.2, 0.25) is 0 Å². The normalized spacial score (nSPS) is 10.8. The highest BCUT2D eigenvalue weighted by Gasteiger charge is 2.18. The molecule has 0 radical (unpaired) electrons. The SMILES string of the molecule is CNCCC(=O)Oc1c(O)ccc2c(=O)cc(-c3ccccc3)oc12. The minimum absolute atomic E-state index is 0.0455. The fourth-order valence-electron chi connectivity index (χ4n) is 2.42. The molecular formula is C19H17NO5. The molecule has 25 heavy (non-hydrogen) atoms. The molecule has 6 heteroatoms. The summed E-state index contributed by atoms with van der Waals surface area (Å²) in [4.78, 5) is 24.3. The van der Waals surface area contributed by atoms with E-state index in [0.29, 0.717) is 17.9 Å². The van der Waals surface area contributed by atoms with Gasteiger partial charge in [0.05, 0.1) is 11.8 Å². The van der Waals surface area contributed by atoms with Gasteiger partial charge in [-0.25, -0.2) is 0 Å². The van der Waals surface area contributed by atoms with Crippen LogP contribution in [0.3, 0.4) is 0 Å². The Morgan fingerprint density at radius 2 is 1.96 bits per heavy atom. The first-order chi connectivity index (χ1) is 12.1. The van der Waals surface area contributed by atoms with Crippen molar-refractivity contribution in [1.29, 1.82) is 0 Å². The van der Waals surface area contributed by atoms with Crippen molar-refractivity contribution in [1.82, 2.24) is 5.32 Å². The van der Waals surface area contributed by atoms with Crippen molar-refractivity contribution >= 4 is 16.9 Å². The zero-order valence-corrected chi connectivity index (χ0v) is 13.6. The summed E-state index contributed by atoms with van der Waals surface area (Å²) in [7, 11) is 1.72.